The molecular formula is C24H34IN3O2. The van der Waals surface area contributed by atoms with Crippen LogP contribution in [0.2, 0.25) is 0 Å². The van der Waals surface area contributed by atoms with Crippen LogP contribution in [0.4, 0.5) is 0 Å². The van der Waals surface area contributed by atoms with E-state index in [4.69, 9.17) is 14.5 Å². The Morgan fingerprint density at radius 3 is 2.63 bits per heavy atom. The van der Waals surface area contributed by atoms with Gasteiger partial charge in [0.05, 0.1) is 13.2 Å². The van der Waals surface area contributed by atoms with Gasteiger partial charge < -0.3 is 20.1 Å². The zero-order valence-electron chi connectivity index (χ0n) is 18.0. The molecule has 1 aliphatic rings. The summed E-state index contributed by atoms with van der Waals surface area (Å²) < 4.78 is 11.6. The Bertz CT molecular complexity index is 770. The van der Waals surface area contributed by atoms with Crippen molar-refractivity contribution < 1.29 is 9.47 Å². The summed E-state index contributed by atoms with van der Waals surface area (Å²) in [6.07, 6.45) is 3.25. The van der Waals surface area contributed by atoms with Crippen molar-refractivity contribution >= 4 is 29.9 Å². The molecule has 0 radical (unpaired) electrons. The lowest BCUT2D eigenvalue weighted by Crippen LogP contribution is -2.39. The first-order chi connectivity index (χ1) is 14.3. The summed E-state index contributed by atoms with van der Waals surface area (Å²) in [4.78, 5) is 4.87. The van der Waals surface area contributed by atoms with Crippen LogP contribution in [-0.2, 0) is 11.2 Å². The van der Waals surface area contributed by atoms with E-state index in [1.165, 1.54) is 11.1 Å². The molecule has 30 heavy (non-hydrogen) atoms. The number of benzene rings is 2. The SMILES string of the molecule is CCNC(=NCC1CCCOC1c1ccccc1)NCCc1ccccc1OC.I. The fourth-order valence-electron chi connectivity index (χ4n) is 3.82. The number of nitrogens with zero attached hydrogens (tertiary/aromatic N) is 1. The number of methoxy groups -OCH3 is 1. The summed E-state index contributed by atoms with van der Waals surface area (Å²) in [6, 6.07) is 18.7. The van der Waals surface area contributed by atoms with Crippen molar-refractivity contribution in [2.75, 3.05) is 33.4 Å². The summed E-state index contributed by atoms with van der Waals surface area (Å²) in [5, 5.41) is 6.82. The van der Waals surface area contributed by atoms with Gasteiger partial charge in [-0.15, -0.1) is 24.0 Å². The van der Waals surface area contributed by atoms with Gasteiger partial charge in [0.15, 0.2) is 5.96 Å². The first kappa shape index (κ1) is 24.5. The summed E-state index contributed by atoms with van der Waals surface area (Å²) in [6.45, 7) is 5.31. The smallest absolute Gasteiger partial charge is 0.191 e. The van der Waals surface area contributed by atoms with Crippen LogP contribution >= 0.6 is 24.0 Å². The van der Waals surface area contributed by atoms with E-state index in [2.05, 4.69) is 54.0 Å². The number of hydrogen-bond acceptors (Lipinski definition) is 3. The molecule has 1 aliphatic heterocycles. The lowest BCUT2D eigenvalue weighted by Gasteiger charge is -2.31. The molecule has 5 nitrogen and oxygen atoms in total. The van der Waals surface area contributed by atoms with Crippen LogP contribution in [0.3, 0.4) is 0 Å². The zero-order chi connectivity index (χ0) is 20.3. The van der Waals surface area contributed by atoms with Gasteiger partial charge in [0.2, 0.25) is 0 Å². The van der Waals surface area contributed by atoms with E-state index >= 15 is 0 Å². The van der Waals surface area contributed by atoms with Gasteiger partial charge in [0, 0.05) is 32.2 Å². The van der Waals surface area contributed by atoms with E-state index < -0.39 is 0 Å². The zero-order valence-corrected chi connectivity index (χ0v) is 20.3. The highest BCUT2D eigenvalue weighted by molar-refractivity contribution is 14.0. The second-order valence-corrected chi connectivity index (χ2v) is 7.31. The van der Waals surface area contributed by atoms with Crippen LogP contribution in [0.15, 0.2) is 59.6 Å². The molecule has 2 N–H and O–H groups in total. The fourth-order valence-corrected chi connectivity index (χ4v) is 3.82. The van der Waals surface area contributed by atoms with Gasteiger partial charge >= 0.3 is 0 Å². The number of rotatable bonds is 8. The number of nitrogens with one attached hydrogen (secondary N) is 2. The predicted molar refractivity (Wildman–Crippen MR) is 134 cm³/mol. The molecule has 164 valence electrons. The number of halogens is 1. The summed E-state index contributed by atoms with van der Waals surface area (Å²) in [5.41, 5.74) is 2.45. The van der Waals surface area contributed by atoms with Gasteiger partial charge in [-0.1, -0.05) is 48.5 Å². The lowest BCUT2D eigenvalue weighted by molar-refractivity contribution is -0.0250. The Hall–Kier alpha value is -1.80. The van der Waals surface area contributed by atoms with E-state index in [0.29, 0.717) is 5.92 Å². The first-order valence-electron chi connectivity index (χ1n) is 10.6. The maximum atomic E-state index is 6.11. The van der Waals surface area contributed by atoms with Crippen molar-refractivity contribution in [2.45, 2.75) is 32.3 Å². The largest absolute Gasteiger partial charge is 0.496 e. The third kappa shape index (κ3) is 7.16. The molecule has 0 amide bonds. The van der Waals surface area contributed by atoms with Crippen molar-refractivity contribution in [3.8, 4) is 5.75 Å². The van der Waals surface area contributed by atoms with Crippen LogP contribution < -0.4 is 15.4 Å². The molecule has 0 bridgehead atoms. The average molecular weight is 523 g/mol. The molecule has 0 aromatic heterocycles. The normalized spacial score (nSPS) is 18.9. The molecule has 0 spiro atoms. The Kier molecular flexibility index (Phi) is 11.0. The summed E-state index contributed by atoms with van der Waals surface area (Å²) >= 11 is 0. The summed E-state index contributed by atoms with van der Waals surface area (Å²) in [5.74, 6) is 2.19. The number of aliphatic imine (C=N–C) groups is 1. The quantitative estimate of drug-likeness (QED) is 0.302. The predicted octanol–water partition coefficient (Wildman–Crippen LogP) is 4.58. The third-order valence-corrected chi connectivity index (χ3v) is 5.28. The van der Waals surface area contributed by atoms with Crippen molar-refractivity contribution in [1.29, 1.82) is 0 Å². The molecule has 2 atom stereocenters. The van der Waals surface area contributed by atoms with Crippen molar-refractivity contribution in [3.63, 3.8) is 0 Å². The van der Waals surface area contributed by atoms with E-state index in [1.54, 1.807) is 7.11 Å². The number of guanidine groups is 1. The molecule has 3 rings (SSSR count). The van der Waals surface area contributed by atoms with Crippen molar-refractivity contribution in [3.05, 3.63) is 65.7 Å². The molecule has 2 aromatic carbocycles. The van der Waals surface area contributed by atoms with E-state index in [9.17, 15) is 0 Å². The Morgan fingerprint density at radius 2 is 1.87 bits per heavy atom. The fraction of sp³-hybridized carbons (Fsp3) is 0.458. The standard InChI is InChI=1S/C24H33N3O2.HI/c1-3-25-24(26-16-15-19-10-7-8-14-22(19)28-2)27-18-21-13-9-17-29-23(21)20-11-5-4-6-12-20;/h4-8,10-12,14,21,23H,3,9,13,15-18H2,1-2H3,(H2,25,26,27);1H. The monoisotopic (exact) mass is 523 g/mol. The van der Waals surface area contributed by atoms with Crippen LogP contribution in [-0.4, -0.2) is 39.3 Å². The van der Waals surface area contributed by atoms with Gasteiger partial charge in [-0.05, 0) is 43.4 Å². The second kappa shape index (κ2) is 13.5. The Morgan fingerprint density at radius 1 is 1.10 bits per heavy atom. The van der Waals surface area contributed by atoms with Crippen molar-refractivity contribution in [1.82, 2.24) is 10.6 Å². The van der Waals surface area contributed by atoms with E-state index in [-0.39, 0.29) is 30.1 Å². The molecule has 2 unspecified atom stereocenters. The molecule has 0 aliphatic carbocycles. The second-order valence-electron chi connectivity index (χ2n) is 7.31. The number of hydrogen-bond donors (Lipinski definition) is 2. The third-order valence-electron chi connectivity index (χ3n) is 5.28. The van der Waals surface area contributed by atoms with Gasteiger partial charge in [0.25, 0.3) is 0 Å². The van der Waals surface area contributed by atoms with Crippen LogP contribution in [0.1, 0.15) is 37.0 Å². The van der Waals surface area contributed by atoms with Gasteiger partial charge in [-0.3, -0.25) is 4.99 Å². The number of para-hydroxylation sites is 1. The van der Waals surface area contributed by atoms with Crippen LogP contribution in [0, 0.1) is 5.92 Å². The van der Waals surface area contributed by atoms with Crippen molar-refractivity contribution in [2.24, 2.45) is 10.9 Å². The van der Waals surface area contributed by atoms with E-state index in [0.717, 1.165) is 57.2 Å². The first-order valence-corrected chi connectivity index (χ1v) is 10.6. The average Bonchev–Trinajstić information content (AvgIpc) is 2.78. The number of ether oxygens (including phenoxy) is 2. The minimum absolute atomic E-state index is 0. The highest BCUT2D eigenvalue weighted by Gasteiger charge is 2.27. The van der Waals surface area contributed by atoms with Gasteiger partial charge in [0.1, 0.15) is 5.75 Å². The Labute approximate surface area is 197 Å². The van der Waals surface area contributed by atoms with Gasteiger partial charge in [-0.2, -0.15) is 0 Å². The Balaban J connectivity index is 0.00000320. The van der Waals surface area contributed by atoms with Crippen LogP contribution in [0.5, 0.6) is 5.75 Å². The molecule has 6 heteroatoms. The minimum atomic E-state index is 0. The maximum Gasteiger partial charge on any atom is 0.191 e. The molecule has 2 aromatic rings. The topological polar surface area (TPSA) is 54.9 Å². The lowest BCUT2D eigenvalue weighted by atomic mass is 9.89. The molecule has 1 heterocycles. The molecule has 1 saturated heterocycles. The van der Waals surface area contributed by atoms with Gasteiger partial charge in [-0.25, -0.2) is 0 Å². The van der Waals surface area contributed by atoms with E-state index in [1.807, 2.05) is 18.2 Å². The highest BCUT2D eigenvalue weighted by Crippen LogP contribution is 2.33. The maximum absolute atomic E-state index is 6.11. The minimum Gasteiger partial charge on any atom is -0.496 e. The van der Waals surface area contributed by atoms with Crippen LogP contribution in [0.25, 0.3) is 0 Å². The highest BCUT2D eigenvalue weighted by atomic mass is 127. The molecule has 0 saturated carbocycles. The summed E-state index contributed by atoms with van der Waals surface area (Å²) in [7, 11) is 1.72. The molecular weight excluding hydrogens is 489 g/mol. The molecule has 1 fully saturated rings.